The Hall–Kier alpha value is -1.06. The topological polar surface area (TPSA) is 29.5 Å². The number of likely N-dealkylation sites (tertiary alicyclic amines) is 1. The van der Waals surface area contributed by atoms with Gasteiger partial charge in [-0.2, -0.15) is 0 Å². The molecule has 0 aliphatic carbocycles. The molecule has 0 radical (unpaired) electrons. The van der Waals surface area contributed by atoms with Crippen LogP contribution in [0.25, 0.3) is 0 Å². The van der Waals surface area contributed by atoms with E-state index < -0.39 is 17.9 Å². The van der Waals surface area contributed by atoms with Crippen LogP contribution in [0.4, 0.5) is 9.18 Å². The van der Waals surface area contributed by atoms with Crippen LogP contribution in [0.15, 0.2) is 12.2 Å². The molecular formula is C11H18FNO2. The van der Waals surface area contributed by atoms with Crippen molar-refractivity contribution in [1.82, 2.24) is 4.90 Å². The highest BCUT2D eigenvalue weighted by molar-refractivity contribution is 5.68. The van der Waals surface area contributed by atoms with Gasteiger partial charge in [0.05, 0.1) is 6.54 Å². The highest BCUT2D eigenvalue weighted by Gasteiger charge is 2.28. The van der Waals surface area contributed by atoms with Gasteiger partial charge in [0, 0.05) is 6.54 Å². The molecule has 4 heteroatoms. The van der Waals surface area contributed by atoms with Crippen LogP contribution in [0.5, 0.6) is 0 Å². The molecule has 0 saturated carbocycles. The number of halogens is 1. The van der Waals surface area contributed by atoms with Crippen molar-refractivity contribution in [3.05, 3.63) is 12.2 Å². The molecular weight excluding hydrogens is 197 g/mol. The summed E-state index contributed by atoms with van der Waals surface area (Å²) in [4.78, 5) is 13.0. The lowest BCUT2D eigenvalue weighted by Crippen LogP contribution is -2.44. The molecule has 1 aliphatic heterocycles. The molecule has 3 nitrogen and oxygen atoms in total. The molecule has 0 aromatic heterocycles. The van der Waals surface area contributed by atoms with Gasteiger partial charge in [0.25, 0.3) is 0 Å². The lowest BCUT2D eigenvalue weighted by molar-refractivity contribution is 0.0185. The summed E-state index contributed by atoms with van der Waals surface area (Å²) in [5, 5.41) is 0. The fourth-order valence-electron chi connectivity index (χ4n) is 1.34. The van der Waals surface area contributed by atoms with Crippen LogP contribution < -0.4 is 0 Å². The molecule has 86 valence electrons. The van der Waals surface area contributed by atoms with E-state index in [-0.39, 0.29) is 6.54 Å². The van der Waals surface area contributed by atoms with Gasteiger partial charge in [-0.3, -0.25) is 0 Å². The van der Waals surface area contributed by atoms with Gasteiger partial charge < -0.3 is 9.64 Å². The second kappa shape index (κ2) is 4.21. The van der Waals surface area contributed by atoms with Crippen molar-refractivity contribution in [2.75, 3.05) is 13.1 Å². The summed E-state index contributed by atoms with van der Waals surface area (Å²) in [6.45, 7) is 9.54. The normalized spacial score (nSPS) is 22.8. The van der Waals surface area contributed by atoms with Crippen molar-refractivity contribution in [1.29, 1.82) is 0 Å². The first-order valence-corrected chi connectivity index (χ1v) is 5.09. The van der Waals surface area contributed by atoms with Crippen LogP contribution in [-0.2, 0) is 4.74 Å². The maximum atomic E-state index is 13.3. The molecule has 1 rings (SSSR count). The summed E-state index contributed by atoms with van der Waals surface area (Å²) >= 11 is 0. The Balaban J connectivity index is 2.51. The van der Waals surface area contributed by atoms with Crippen LogP contribution >= 0.6 is 0 Å². The van der Waals surface area contributed by atoms with Crippen LogP contribution in [0, 0.1) is 0 Å². The van der Waals surface area contributed by atoms with Crippen molar-refractivity contribution >= 4 is 6.09 Å². The number of hydrogen-bond donors (Lipinski definition) is 0. The van der Waals surface area contributed by atoms with Crippen molar-refractivity contribution < 1.29 is 13.9 Å². The van der Waals surface area contributed by atoms with Gasteiger partial charge in [0.2, 0.25) is 0 Å². The molecule has 0 aromatic carbocycles. The monoisotopic (exact) mass is 215 g/mol. The summed E-state index contributed by atoms with van der Waals surface area (Å²) in [5.41, 5.74) is 0.0342. The van der Waals surface area contributed by atoms with Crippen molar-refractivity contribution in [2.45, 2.75) is 39.0 Å². The second-order valence-corrected chi connectivity index (χ2v) is 4.80. The molecule has 1 fully saturated rings. The lowest BCUT2D eigenvalue weighted by Gasteiger charge is -2.32. The van der Waals surface area contributed by atoms with E-state index >= 15 is 0 Å². The van der Waals surface area contributed by atoms with Gasteiger partial charge in [-0.15, -0.1) is 0 Å². The first-order valence-electron chi connectivity index (χ1n) is 5.09. The second-order valence-electron chi connectivity index (χ2n) is 4.80. The van der Waals surface area contributed by atoms with Crippen LogP contribution in [0.2, 0.25) is 0 Å². The Bertz CT molecular complexity index is 270. The van der Waals surface area contributed by atoms with Gasteiger partial charge in [-0.05, 0) is 32.8 Å². The SMILES string of the molecule is C=C1CCN(C(=O)OC(C)(C)C)C[C@@H]1F. The Morgan fingerprint density at radius 3 is 2.67 bits per heavy atom. The van der Waals surface area contributed by atoms with Crippen molar-refractivity contribution in [3.8, 4) is 0 Å². The first kappa shape index (κ1) is 12.0. The Labute approximate surface area is 89.9 Å². The summed E-state index contributed by atoms with van der Waals surface area (Å²) in [6.07, 6.45) is -1.05. The molecule has 0 N–H and O–H groups in total. The molecule has 1 aliphatic rings. The average Bonchev–Trinajstić information content (AvgIpc) is 2.06. The summed E-state index contributed by atoms with van der Waals surface area (Å²) in [6, 6.07) is 0. The maximum absolute atomic E-state index is 13.3. The zero-order valence-electron chi connectivity index (χ0n) is 9.55. The molecule has 0 bridgehead atoms. The summed E-state index contributed by atoms with van der Waals surface area (Å²) in [5.74, 6) is 0. The predicted molar refractivity (Wildman–Crippen MR) is 56.5 cm³/mol. The quantitative estimate of drug-likeness (QED) is 0.581. The number of nitrogens with zero attached hydrogens (tertiary/aromatic N) is 1. The largest absolute Gasteiger partial charge is 0.444 e. The van der Waals surface area contributed by atoms with Gasteiger partial charge in [-0.25, -0.2) is 9.18 Å². The Morgan fingerprint density at radius 1 is 1.60 bits per heavy atom. The molecule has 0 unspecified atom stereocenters. The lowest BCUT2D eigenvalue weighted by atomic mass is 10.0. The molecule has 0 aromatic rings. The summed E-state index contributed by atoms with van der Waals surface area (Å²) < 4.78 is 18.4. The smallest absolute Gasteiger partial charge is 0.410 e. The van der Waals surface area contributed by atoms with E-state index in [2.05, 4.69) is 6.58 Å². The Kier molecular flexibility index (Phi) is 3.37. The molecule has 1 saturated heterocycles. The zero-order chi connectivity index (χ0) is 11.6. The average molecular weight is 215 g/mol. The van der Waals surface area contributed by atoms with E-state index in [1.807, 2.05) is 0 Å². The van der Waals surface area contributed by atoms with Crippen LogP contribution in [0.3, 0.4) is 0 Å². The van der Waals surface area contributed by atoms with E-state index in [9.17, 15) is 9.18 Å². The number of rotatable bonds is 0. The third-order valence-electron chi connectivity index (χ3n) is 2.18. The fraction of sp³-hybridized carbons (Fsp3) is 0.727. The third-order valence-corrected chi connectivity index (χ3v) is 2.18. The standard InChI is InChI=1S/C11H18FNO2/c1-8-5-6-13(7-9(8)12)10(14)15-11(2,3)4/h9H,1,5-7H2,2-4H3/t9-/m0/s1. The highest BCUT2D eigenvalue weighted by Crippen LogP contribution is 2.20. The molecule has 1 amide bonds. The molecule has 1 heterocycles. The van der Waals surface area contributed by atoms with E-state index in [4.69, 9.17) is 4.74 Å². The third kappa shape index (κ3) is 3.53. The minimum absolute atomic E-state index is 0.0632. The van der Waals surface area contributed by atoms with Crippen molar-refractivity contribution in [3.63, 3.8) is 0 Å². The molecule has 0 spiro atoms. The van der Waals surface area contributed by atoms with Crippen LogP contribution in [-0.4, -0.2) is 35.9 Å². The van der Waals surface area contributed by atoms with E-state index in [1.54, 1.807) is 20.8 Å². The van der Waals surface area contributed by atoms with Gasteiger partial charge in [0.1, 0.15) is 11.8 Å². The van der Waals surface area contributed by atoms with E-state index in [0.29, 0.717) is 18.5 Å². The minimum Gasteiger partial charge on any atom is -0.444 e. The van der Waals surface area contributed by atoms with E-state index in [0.717, 1.165) is 0 Å². The van der Waals surface area contributed by atoms with Gasteiger partial charge in [-0.1, -0.05) is 6.58 Å². The van der Waals surface area contributed by atoms with Crippen LogP contribution in [0.1, 0.15) is 27.2 Å². The number of carbonyl (C=O) groups is 1. The number of hydrogen-bond acceptors (Lipinski definition) is 2. The predicted octanol–water partition coefficient (Wildman–Crippen LogP) is 2.52. The number of ether oxygens (including phenoxy) is 1. The van der Waals surface area contributed by atoms with E-state index in [1.165, 1.54) is 4.90 Å². The molecule has 15 heavy (non-hydrogen) atoms. The number of alkyl halides is 1. The molecule has 1 atom stereocenters. The number of piperidine rings is 1. The number of carbonyl (C=O) groups excluding carboxylic acids is 1. The minimum atomic E-state index is -1.12. The van der Waals surface area contributed by atoms with Crippen molar-refractivity contribution in [2.24, 2.45) is 0 Å². The number of amides is 1. The van der Waals surface area contributed by atoms with Gasteiger partial charge in [0.15, 0.2) is 0 Å². The first-order chi connectivity index (χ1) is 6.79. The Morgan fingerprint density at radius 2 is 2.20 bits per heavy atom. The summed E-state index contributed by atoms with van der Waals surface area (Å²) in [7, 11) is 0. The maximum Gasteiger partial charge on any atom is 0.410 e. The highest BCUT2D eigenvalue weighted by atomic mass is 19.1. The van der Waals surface area contributed by atoms with Gasteiger partial charge >= 0.3 is 6.09 Å². The fourth-order valence-corrected chi connectivity index (χ4v) is 1.34. The zero-order valence-corrected chi connectivity index (χ0v) is 9.55.